The number of amides is 3. The van der Waals surface area contributed by atoms with Crippen molar-refractivity contribution >= 4 is 34.7 Å². The summed E-state index contributed by atoms with van der Waals surface area (Å²) in [4.78, 5) is 38.1. The van der Waals surface area contributed by atoms with Crippen molar-refractivity contribution < 1.29 is 19.1 Å². The van der Waals surface area contributed by atoms with Crippen LogP contribution < -0.4 is 20.5 Å². The van der Waals surface area contributed by atoms with Gasteiger partial charge in [0.2, 0.25) is 5.91 Å². The van der Waals surface area contributed by atoms with Crippen LogP contribution in [0.1, 0.15) is 23.0 Å². The van der Waals surface area contributed by atoms with E-state index in [1.54, 1.807) is 42.6 Å². The topological polar surface area (TPSA) is 87.7 Å². The number of thiophene rings is 1. The first kappa shape index (κ1) is 17.0. The molecule has 2 heterocycles. The van der Waals surface area contributed by atoms with Gasteiger partial charge in [0.1, 0.15) is 5.75 Å². The van der Waals surface area contributed by atoms with Gasteiger partial charge in [0.15, 0.2) is 6.10 Å². The lowest BCUT2D eigenvalue weighted by Crippen LogP contribution is -2.47. The molecular weight excluding hydrogens is 342 g/mol. The molecule has 1 aromatic carbocycles. The molecule has 3 rings (SSSR count). The molecule has 0 radical (unpaired) electrons. The van der Waals surface area contributed by atoms with Gasteiger partial charge in [0.05, 0.1) is 10.6 Å². The average molecular weight is 359 g/mol. The second kappa shape index (κ2) is 7.35. The number of nitrogens with zero attached hydrogens (tertiary/aromatic N) is 1. The Bertz CT molecular complexity index is 791. The molecule has 3 amide bonds. The minimum Gasteiger partial charge on any atom is -0.479 e. The molecule has 130 valence electrons. The first-order valence-corrected chi connectivity index (χ1v) is 8.64. The maximum Gasteiger partial charge on any atom is 0.279 e. The molecule has 1 unspecified atom stereocenters. The second-order valence-corrected chi connectivity index (χ2v) is 6.39. The Morgan fingerprint density at radius 1 is 1.20 bits per heavy atom. The summed E-state index contributed by atoms with van der Waals surface area (Å²) in [7, 11) is 0. The molecule has 0 spiro atoms. The average Bonchev–Trinajstić information content (AvgIpc) is 3.15. The molecule has 0 aliphatic carbocycles. The summed E-state index contributed by atoms with van der Waals surface area (Å²) in [5.41, 5.74) is 5.35. The lowest BCUT2D eigenvalue weighted by Gasteiger charge is -2.32. The Hall–Kier alpha value is -2.87. The number of rotatable bonds is 4. The first-order valence-electron chi connectivity index (χ1n) is 7.76. The fourth-order valence-corrected chi connectivity index (χ4v) is 3.08. The molecule has 2 aromatic rings. The van der Waals surface area contributed by atoms with Crippen molar-refractivity contribution in [2.24, 2.45) is 0 Å². The van der Waals surface area contributed by atoms with Crippen LogP contribution in [0.15, 0.2) is 41.8 Å². The summed E-state index contributed by atoms with van der Waals surface area (Å²) in [6, 6.07) is 10.6. The SMILES string of the molecule is CC1Oc2ccccc2N(CCC(=O)NNC(=O)c2cccs2)C1=O. The van der Waals surface area contributed by atoms with Gasteiger partial charge >= 0.3 is 0 Å². The third-order valence-electron chi connectivity index (χ3n) is 3.70. The lowest BCUT2D eigenvalue weighted by molar-refractivity contribution is -0.125. The molecule has 0 fully saturated rings. The van der Waals surface area contributed by atoms with Gasteiger partial charge in [-0.1, -0.05) is 18.2 Å². The standard InChI is InChI=1S/C17H17N3O4S/c1-11-17(23)20(12-5-2-3-6-13(12)24-11)9-8-15(21)18-19-16(22)14-7-4-10-25-14/h2-7,10-11H,8-9H2,1H3,(H,18,21)(H,19,22). The van der Waals surface area contributed by atoms with Crippen LogP contribution >= 0.6 is 11.3 Å². The monoisotopic (exact) mass is 359 g/mol. The molecular formula is C17H17N3O4S. The van der Waals surface area contributed by atoms with E-state index in [-0.39, 0.29) is 30.7 Å². The zero-order valence-electron chi connectivity index (χ0n) is 13.5. The Morgan fingerprint density at radius 2 is 2.00 bits per heavy atom. The predicted octanol–water partition coefficient (Wildman–Crippen LogP) is 1.71. The van der Waals surface area contributed by atoms with E-state index in [1.807, 2.05) is 6.07 Å². The normalized spacial score (nSPS) is 16.0. The Labute approximate surface area is 148 Å². The van der Waals surface area contributed by atoms with E-state index in [0.29, 0.717) is 16.3 Å². The van der Waals surface area contributed by atoms with Crippen LogP contribution in [0.2, 0.25) is 0 Å². The Morgan fingerprint density at radius 3 is 2.76 bits per heavy atom. The van der Waals surface area contributed by atoms with Crippen molar-refractivity contribution in [2.45, 2.75) is 19.4 Å². The Kier molecular flexibility index (Phi) is 4.99. The summed E-state index contributed by atoms with van der Waals surface area (Å²) in [6.07, 6.45) is -0.547. The van der Waals surface area contributed by atoms with Crippen LogP contribution in [0.4, 0.5) is 5.69 Å². The molecule has 1 aliphatic rings. The minimum atomic E-state index is -0.600. The third-order valence-corrected chi connectivity index (χ3v) is 4.57. The highest BCUT2D eigenvalue weighted by atomic mass is 32.1. The minimum absolute atomic E-state index is 0.0531. The smallest absolute Gasteiger partial charge is 0.279 e. The van der Waals surface area contributed by atoms with Gasteiger partial charge in [-0.2, -0.15) is 0 Å². The third kappa shape index (κ3) is 3.80. The summed E-state index contributed by atoms with van der Waals surface area (Å²) in [5, 5.41) is 1.78. The number of carbonyl (C=O) groups is 3. The van der Waals surface area contributed by atoms with Gasteiger partial charge in [-0.3, -0.25) is 25.2 Å². The van der Waals surface area contributed by atoms with Crippen molar-refractivity contribution in [3.8, 4) is 5.75 Å². The van der Waals surface area contributed by atoms with Crippen molar-refractivity contribution in [3.63, 3.8) is 0 Å². The first-order chi connectivity index (χ1) is 12.1. The highest BCUT2D eigenvalue weighted by molar-refractivity contribution is 7.12. The van der Waals surface area contributed by atoms with Crippen molar-refractivity contribution in [2.75, 3.05) is 11.4 Å². The van der Waals surface area contributed by atoms with Gasteiger partial charge in [-0.25, -0.2) is 0 Å². The highest BCUT2D eigenvalue weighted by Gasteiger charge is 2.31. The number of fused-ring (bicyclic) bond motifs is 1. The summed E-state index contributed by atoms with van der Waals surface area (Å²) in [5.74, 6) is -0.339. The van der Waals surface area contributed by atoms with E-state index >= 15 is 0 Å². The maximum absolute atomic E-state index is 12.3. The van der Waals surface area contributed by atoms with E-state index in [4.69, 9.17) is 4.74 Å². The fraction of sp³-hybridized carbons (Fsp3) is 0.235. The molecule has 1 aromatic heterocycles. The van der Waals surface area contributed by atoms with Gasteiger partial charge in [0.25, 0.3) is 11.8 Å². The van der Waals surface area contributed by atoms with Crippen LogP contribution in [0, 0.1) is 0 Å². The van der Waals surface area contributed by atoms with Crippen LogP contribution in [0.3, 0.4) is 0 Å². The number of hydrogen-bond donors (Lipinski definition) is 2. The second-order valence-electron chi connectivity index (χ2n) is 5.45. The van der Waals surface area contributed by atoms with E-state index < -0.39 is 6.10 Å². The van der Waals surface area contributed by atoms with Crippen molar-refractivity contribution in [1.82, 2.24) is 10.9 Å². The van der Waals surface area contributed by atoms with Gasteiger partial charge in [0, 0.05) is 13.0 Å². The van der Waals surface area contributed by atoms with Crippen molar-refractivity contribution in [1.29, 1.82) is 0 Å². The molecule has 0 saturated carbocycles. The molecule has 25 heavy (non-hydrogen) atoms. The molecule has 8 heteroatoms. The van der Waals surface area contributed by atoms with Crippen LogP contribution in [0.5, 0.6) is 5.75 Å². The highest BCUT2D eigenvalue weighted by Crippen LogP contribution is 2.33. The molecule has 0 saturated heterocycles. The maximum atomic E-state index is 12.3. The zero-order chi connectivity index (χ0) is 17.8. The van der Waals surface area contributed by atoms with Crippen LogP contribution in [0.25, 0.3) is 0 Å². The predicted molar refractivity (Wildman–Crippen MR) is 93.4 cm³/mol. The van der Waals surface area contributed by atoms with Gasteiger partial charge in [-0.05, 0) is 30.5 Å². The summed E-state index contributed by atoms with van der Waals surface area (Å²) < 4.78 is 5.55. The van der Waals surface area contributed by atoms with Gasteiger partial charge < -0.3 is 9.64 Å². The van der Waals surface area contributed by atoms with E-state index in [2.05, 4.69) is 10.9 Å². The number of hydrogen-bond acceptors (Lipinski definition) is 5. The van der Waals surface area contributed by atoms with Crippen LogP contribution in [-0.4, -0.2) is 30.4 Å². The summed E-state index contributed by atoms with van der Waals surface area (Å²) >= 11 is 1.28. The van der Waals surface area contributed by atoms with E-state index in [1.165, 1.54) is 16.2 Å². The zero-order valence-corrected chi connectivity index (χ0v) is 14.3. The van der Waals surface area contributed by atoms with Crippen molar-refractivity contribution in [3.05, 3.63) is 46.7 Å². The number of carbonyl (C=O) groups excluding carboxylic acids is 3. The number of nitrogens with one attached hydrogen (secondary N) is 2. The largest absolute Gasteiger partial charge is 0.479 e. The number of ether oxygens (including phenoxy) is 1. The Balaban J connectivity index is 1.56. The number of anilines is 1. The fourth-order valence-electron chi connectivity index (χ4n) is 2.46. The molecule has 2 N–H and O–H groups in total. The number of benzene rings is 1. The quantitative estimate of drug-likeness (QED) is 0.814. The van der Waals surface area contributed by atoms with Crippen LogP contribution in [-0.2, 0) is 9.59 Å². The number of hydrazine groups is 1. The van der Waals surface area contributed by atoms with E-state index in [0.717, 1.165) is 0 Å². The lowest BCUT2D eigenvalue weighted by atomic mass is 10.1. The molecule has 7 nitrogen and oxygen atoms in total. The molecule has 1 aliphatic heterocycles. The molecule has 1 atom stereocenters. The van der Waals surface area contributed by atoms with Gasteiger partial charge in [-0.15, -0.1) is 11.3 Å². The molecule has 0 bridgehead atoms. The summed E-state index contributed by atoms with van der Waals surface area (Å²) in [6.45, 7) is 1.87. The number of para-hydroxylation sites is 2. The van der Waals surface area contributed by atoms with E-state index in [9.17, 15) is 14.4 Å².